The Balaban J connectivity index is 1.86. The molecule has 1 aromatic rings. The molecule has 2 heterocycles. The second-order valence-electron chi connectivity index (χ2n) is 7.16. The third kappa shape index (κ3) is 3.87. The van der Waals surface area contributed by atoms with Crippen molar-refractivity contribution >= 4 is 11.8 Å². The van der Waals surface area contributed by atoms with E-state index in [0.717, 1.165) is 38.2 Å². The molecule has 2 amide bonds. The van der Waals surface area contributed by atoms with Crippen LogP contribution in [0.5, 0.6) is 0 Å². The molecule has 0 unspecified atom stereocenters. The van der Waals surface area contributed by atoms with Crippen molar-refractivity contribution in [3.8, 4) is 0 Å². The lowest BCUT2D eigenvalue weighted by Gasteiger charge is -2.42. The summed E-state index contributed by atoms with van der Waals surface area (Å²) in [6.07, 6.45) is 2.14. The molecule has 2 saturated heterocycles. The Morgan fingerprint density at radius 2 is 1.88 bits per heavy atom. The molecule has 1 aromatic carbocycles. The minimum Gasteiger partial charge on any atom is -0.341 e. The van der Waals surface area contributed by atoms with Gasteiger partial charge in [-0.2, -0.15) is 0 Å². The predicted octanol–water partition coefficient (Wildman–Crippen LogP) is 2.15. The normalized spacial score (nSPS) is 25.8. The number of nitrogens with zero attached hydrogens (tertiary/aromatic N) is 3. The number of hydrogen-bond donors (Lipinski definition) is 0. The fourth-order valence-corrected chi connectivity index (χ4v) is 4.15. The molecule has 5 nitrogen and oxygen atoms in total. The summed E-state index contributed by atoms with van der Waals surface area (Å²) in [7, 11) is 2.11. The van der Waals surface area contributed by atoms with Gasteiger partial charge in [0.2, 0.25) is 11.8 Å². The van der Waals surface area contributed by atoms with Crippen molar-refractivity contribution in [3.63, 3.8) is 0 Å². The van der Waals surface area contributed by atoms with Crippen molar-refractivity contribution in [1.29, 1.82) is 0 Å². The van der Waals surface area contributed by atoms with Gasteiger partial charge in [-0.1, -0.05) is 30.3 Å². The van der Waals surface area contributed by atoms with Gasteiger partial charge in [-0.3, -0.25) is 9.59 Å². The third-order valence-corrected chi connectivity index (χ3v) is 5.54. The van der Waals surface area contributed by atoms with E-state index in [4.69, 9.17) is 0 Å². The highest BCUT2D eigenvalue weighted by Crippen LogP contribution is 2.37. The average Bonchev–Trinajstić information content (AvgIpc) is 2.86. The number of hydrogen-bond acceptors (Lipinski definition) is 3. The first kappa shape index (κ1) is 17.9. The van der Waals surface area contributed by atoms with Gasteiger partial charge >= 0.3 is 0 Å². The van der Waals surface area contributed by atoms with Crippen LogP contribution in [0.2, 0.25) is 0 Å². The van der Waals surface area contributed by atoms with Gasteiger partial charge in [0.25, 0.3) is 0 Å². The standard InChI is InChI=1S/C20H29N3O2/c1-3-23-18(24)11-10-17(19(23)16-8-5-4-6-9-16)20(25)22-13-7-12-21(2)14-15-22/h4-6,8-9,17,19H,3,7,10-15H2,1-2H3/t17-,19+/m1/s1. The minimum atomic E-state index is -0.138. The number of piperidine rings is 1. The first-order valence-corrected chi connectivity index (χ1v) is 9.43. The summed E-state index contributed by atoms with van der Waals surface area (Å²) < 4.78 is 0. The molecular weight excluding hydrogens is 314 g/mol. The zero-order valence-corrected chi connectivity index (χ0v) is 15.4. The van der Waals surface area contributed by atoms with Crippen LogP contribution in [-0.4, -0.2) is 66.3 Å². The van der Waals surface area contributed by atoms with E-state index < -0.39 is 0 Å². The SMILES string of the molecule is CCN1C(=O)CC[C@@H](C(=O)N2CCCN(C)CC2)[C@@H]1c1ccccc1. The fourth-order valence-electron chi connectivity index (χ4n) is 4.15. The Morgan fingerprint density at radius 1 is 1.12 bits per heavy atom. The quantitative estimate of drug-likeness (QED) is 0.845. The summed E-state index contributed by atoms with van der Waals surface area (Å²) in [6.45, 7) is 6.21. The predicted molar refractivity (Wildman–Crippen MR) is 98.0 cm³/mol. The molecular formula is C20H29N3O2. The lowest BCUT2D eigenvalue weighted by molar-refractivity contribution is -0.147. The van der Waals surface area contributed by atoms with E-state index in [1.54, 1.807) is 0 Å². The molecule has 0 radical (unpaired) electrons. The first-order chi connectivity index (χ1) is 12.1. The van der Waals surface area contributed by atoms with E-state index in [0.29, 0.717) is 19.4 Å². The molecule has 0 aromatic heterocycles. The lowest BCUT2D eigenvalue weighted by atomic mass is 9.83. The van der Waals surface area contributed by atoms with E-state index in [-0.39, 0.29) is 23.8 Å². The highest BCUT2D eigenvalue weighted by molar-refractivity contribution is 5.85. The van der Waals surface area contributed by atoms with Gasteiger partial charge < -0.3 is 14.7 Å². The van der Waals surface area contributed by atoms with E-state index >= 15 is 0 Å². The van der Waals surface area contributed by atoms with Gasteiger partial charge in [0, 0.05) is 32.6 Å². The smallest absolute Gasteiger partial charge is 0.228 e. The van der Waals surface area contributed by atoms with Crippen molar-refractivity contribution in [3.05, 3.63) is 35.9 Å². The number of carbonyl (C=O) groups excluding carboxylic acids is 2. The Bertz CT molecular complexity index is 604. The van der Waals surface area contributed by atoms with Crippen molar-refractivity contribution in [2.75, 3.05) is 39.8 Å². The van der Waals surface area contributed by atoms with Gasteiger partial charge in [0.05, 0.1) is 12.0 Å². The maximum Gasteiger partial charge on any atom is 0.228 e. The molecule has 2 atom stereocenters. The molecule has 0 spiro atoms. The summed E-state index contributed by atoms with van der Waals surface area (Å²) in [5.74, 6) is 0.245. The Labute approximate surface area is 150 Å². The summed E-state index contributed by atoms with van der Waals surface area (Å²) in [5.41, 5.74) is 1.07. The molecule has 2 aliphatic rings. The number of amides is 2. The van der Waals surface area contributed by atoms with Crippen molar-refractivity contribution in [2.24, 2.45) is 5.92 Å². The van der Waals surface area contributed by atoms with E-state index in [9.17, 15) is 9.59 Å². The lowest BCUT2D eigenvalue weighted by Crippen LogP contribution is -2.49. The molecule has 0 aliphatic carbocycles. The summed E-state index contributed by atoms with van der Waals surface area (Å²) >= 11 is 0. The number of rotatable bonds is 3. The highest BCUT2D eigenvalue weighted by Gasteiger charge is 2.41. The molecule has 5 heteroatoms. The van der Waals surface area contributed by atoms with E-state index in [1.165, 1.54) is 0 Å². The number of likely N-dealkylation sites (N-methyl/N-ethyl adjacent to an activating group) is 1. The number of benzene rings is 1. The molecule has 2 aliphatic heterocycles. The summed E-state index contributed by atoms with van der Waals surface area (Å²) in [6, 6.07) is 9.91. The van der Waals surface area contributed by atoms with Crippen LogP contribution in [0.15, 0.2) is 30.3 Å². The maximum absolute atomic E-state index is 13.3. The highest BCUT2D eigenvalue weighted by atomic mass is 16.2. The Hall–Kier alpha value is -1.88. The van der Waals surface area contributed by atoms with Crippen molar-refractivity contribution < 1.29 is 9.59 Å². The summed E-state index contributed by atoms with van der Waals surface area (Å²) in [5, 5.41) is 0. The Morgan fingerprint density at radius 3 is 2.60 bits per heavy atom. The molecule has 0 bridgehead atoms. The summed E-state index contributed by atoms with van der Waals surface area (Å²) in [4.78, 5) is 32.0. The second kappa shape index (κ2) is 8.00. The van der Waals surface area contributed by atoms with Crippen LogP contribution < -0.4 is 0 Å². The molecule has 25 heavy (non-hydrogen) atoms. The van der Waals surface area contributed by atoms with Gasteiger partial charge in [0.1, 0.15) is 0 Å². The number of carbonyl (C=O) groups is 2. The van der Waals surface area contributed by atoms with Crippen LogP contribution >= 0.6 is 0 Å². The third-order valence-electron chi connectivity index (χ3n) is 5.54. The Kier molecular flexibility index (Phi) is 5.74. The zero-order valence-electron chi connectivity index (χ0n) is 15.4. The van der Waals surface area contributed by atoms with Crippen LogP contribution in [0.25, 0.3) is 0 Å². The van der Waals surface area contributed by atoms with Crippen LogP contribution in [0.4, 0.5) is 0 Å². The molecule has 0 N–H and O–H groups in total. The second-order valence-corrected chi connectivity index (χ2v) is 7.16. The monoisotopic (exact) mass is 343 g/mol. The minimum absolute atomic E-state index is 0.136. The molecule has 0 saturated carbocycles. The largest absolute Gasteiger partial charge is 0.341 e. The van der Waals surface area contributed by atoms with Crippen LogP contribution in [-0.2, 0) is 9.59 Å². The number of likely N-dealkylation sites (tertiary alicyclic amines) is 1. The fraction of sp³-hybridized carbons (Fsp3) is 0.600. The van der Waals surface area contributed by atoms with Crippen LogP contribution in [0, 0.1) is 5.92 Å². The molecule has 3 rings (SSSR count). The van der Waals surface area contributed by atoms with Gasteiger partial charge in [-0.25, -0.2) is 0 Å². The maximum atomic E-state index is 13.3. The van der Waals surface area contributed by atoms with Gasteiger partial charge in [0.15, 0.2) is 0 Å². The van der Waals surface area contributed by atoms with Crippen LogP contribution in [0.3, 0.4) is 0 Å². The first-order valence-electron chi connectivity index (χ1n) is 9.43. The van der Waals surface area contributed by atoms with E-state index in [2.05, 4.69) is 11.9 Å². The molecule has 136 valence electrons. The molecule has 2 fully saturated rings. The zero-order chi connectivity index (χ0) is 17.8. The average molecular weight is 343 g/mol. The van der Waals surface area contributed by atoms with Crippen LogP contribution in [0.1, 0.15) is 37.8 Å². The van der Waals surface area contributed by atoms with Crippen molar-refractivity contribution in [2.45, 2.75) is 32.2 Å². The van der Waals surface area contributed by atoms with Crippen molar-refractivity contribution in [1.82, 2.24) is 14.7 Å². The van der Waals surface area contributed by atoms with Gasteiger partial charge in [-0.05, 0) is 38.9 Å². The topological polar surface area (TPSA) is 43.9 Å². The van der Waals surface area contributed by atoms with Gasteiger partial charge in [-0.15, -0.1) is 0 Å². The van der Waals surface area contributed by atoms with E-state index in [1.807, 2.05) is 47.1 Å².